The fraction of sp³-hybridized carbons (Fsp3) is 0.143. The van der Waals surface area contributed by atoms with Crippen molar-refractivity contribution >= 4 is 28.1 Å². The molecule has 0 bridgehead atoms. The highest BCUT2D eigenvalue weighted by Gasteiger charge is 1.89. The van der Waals surface area contributed by atoms with Crippen LogP contribution in [0.25, 0.3) is 0 Å². The van der Waals surface area contributed by atoms with E-state index < -0.39 is 0 Å². The summed E-state index contributed by atoms with van der Waals surface area (Å²) in [5.74, 6) is 0. The van der Waals surface area contributed by atoms with Gasteiger partial charge >= 0.3 is 0 Å². The first-order chi connectivity index (χ1) is 4.83. The Hall–Kier alpha value is 0.01000. The summed E-state index contributed by atoms with van der Waals surface area (Å²) in [5.41, 5.74) is 1.29. The maximum Gasteiger partial charge on any atom is 0.0236 e. The van der Waals surface area contributed by atoms with E-state index in [1.165, 1.54) is 10.5 Å². The molecule has 1 aromatic rings. The third-order valence-corrected chi connectivity index (χ3v) is 2.25. The molecule has 0 unspecified atom stereocenters. The van der Waals surface area contributed by atoms with Gasteiger partial charge < -0.3 is 0 Å². The van der Waals surface area contributed by atoms with Crippen LogP contribution in [0, 0.1) is 6.92 Å². The zero-order valence-electron chi connectivity index (χ0n) is 5.60. The van der Waals surface area contributed by atoms with Crippen molar-refractivity contribution in [2.75, 3.05) is 0 Å². The van der Waals surface area contributed by atoms with Crippen molar-refractivity contribution in [3.8, 4) is 0 Å². The zero-order chi connectivity index (χ0) is 7.40. The van der Waals surface area contributed by atoms with Gasteiger partial charge in [0, 0.05) is 21.0 Å². The smallest absolute Gasteiger partial charge is 0.0236 e. The number of aryl methyl sites for hydroxylation is 1. The predicted molar refractivity (Wildman–Crippen MR) is 49.1 cm³/mol. The third-order valence-electron chi connectivity index (χ3n) is 1.18. The molecule has 1 rings (SSSR count). The minimum absolute atomic E-state index is 1.21. The lowest BCUT2D eigenvalue weighted by Crippen LogP contribution is -1.80. The third kappa shape index (κ3) is 2.33. The summed E-state index contributed by atoms with van der Waals surface area (Å²) in [7, 11) is 0. The maximum atomic E-state index is 3.12. The minimum Gasteiger partial charge on any atom is -0.195 e. The second-order valence-corrected chi connectivity index (χ2v) is 3.79. The fourth-order valence-electron chi connectivity index (χ4n) is 0.651. The molecular formula is C7H8BrNS. The lowest BCUT2D eigenvalue weighted by atomic mass is 10.2. The number of nitrogens with one attached hydrogen (secondary N) is 1. The topological polar surface area (TPSA) is 12.0 Å². The van der Waals surface area contributed by atoms with Crippen molar-refractivity contribution < 1.29 is 0 Å². The highest BCUT2D eigenvalue weighted by atomic mass is 79.9. The van der Waals surface area contributed by atoms with E-state index in [1.807, 2.05) is 0 Å². The Bertz CT molecular complexity index is 197. The van der Waals surface area contributed by atoms with Gasteiger partial charge in [-0.2, -0.15) is 3.75 Å². The quantitative estimate of drug-likeness (QED) is 0.605. The normalized spacial score (nSPS) is 9.80. The molecule has 0 saturated heterocycles. The van der Waals surface area contributed by atoms with Gasteiger partial charge in [-0.1, -0.05) is 17.7 Å². The van der Waals surface area contributed by atoms with Crippen molar-refractivity contribution in [3.05, 3.63) is 29.8 Å². The van der Waals surface area contributed by atoms with Gasteiger partial charge in [0.1, 0.15) is 0 Å². The van der Waals surface area contributed by atoms with E-state index in [0.717, 1.165) is 0 Å². The van der Waals surface area contributed by atoms with Gasteiger partial charge in [-0.05, 0) is 31.0 Å². The second kappa shape index (κ2) is 4.01. The van der Waals surface area contributed by atoms with E-state index in [4.69, 9.17) is 0 Å². The number of hydrogen-bond acceptors (Lipinski definition) is 2. The molecule has 10 heavy (non-hydrogen) atoms. The average molecular weight is 218 g/mol. The van der Waals surface area contributed by atoms with E-state index in [0.29, 0.717) is 0 Å². The molecule has 3 heteroatoms. The molecule has 0 amide bonds. The van der Waals surface area contributed by atoms with Crippen molar-refractivity contribution in [2.45, 2.75) is 11.8 Å². The Kier molecular flexibility index (Phi) is 3.25. The molecule has 0 heterocycles. The van der Waals surface area contributed by atoms with Gasteiger partial charge in [0.15, 0.2) is 0 Å². The van der Waals surface area contributed by atoms with E-state index in [-0.39, 0.29) is 0 Å². The Balaban J connectivity index is 2.69. The number of benzene rings is 1. The molecule has 0 atom stereocenters. The molecule has 0 aliphatic rings. The number of hydrogen-bond donors (Lipinski definition) is 1. The summed E-state index contributed by atoms with van der Waals surface area (Å²) >= 11 is 4.67. The first-order valence-electron chi connectivity index (χ1n) is 2.92. The molecule has 54 valence electrons. The van der Waals surface area contributed by atoms with Gasteiger partial charge in [-0.15, -0.1) is 0 Å². The van der Waals surface area contributed by atoms with E-state index >= 15 is 0 Å². The van der Waals surface area contributed by atoms with Crippen molar-refractivity contribution in [2.24, 2.45) is 0 Å². The summed E-state index contributed by atoms with van der Waals surface area (Å²) in [5, 5.41) is 0. The van der Waals surface area contributed by atoms with Gasteiger partial charge in [0.2, 0.25) is 0 Å². The largest absolute Gasteiger partial charge is 0.195 e. The Labute approximate surface area is 73.7 Å². The van der Waals surface area contributed by atoms with Crippen LogP contribution in [0.5, 0.6) is 0 Å². The molecular weight excluding hydrogens is 210 g/mol. The van der Waals surface area contributed by atoms with Crippen LogP contribution in [0.4, 0.5) is 0 Å². The van der Waals surface area contributed by atoms with Crippen molar-refractivity contribution in [1.29, 1.82) is 0 Å². The van der Waals surface area contributed by atoms with Crippen LogP contribution < -0.4 is 3.75 Å². The summed E-state index contributed by atoms with van der Waals surface area (Å²) in [6.45, 7) is 2.08. The van der Waals surface area contributed by atoms with Gasteiger partial charge in [0.05, 0.1) is 0 Å². The van der Waals surface area contributed by atoms with Crippen LogP contribution in [-0.2, 0) is 0 Å². The lowest BCUT2D eigenvalue weighted by molar-refractivity contribution is 1.37. The van der Waals surface area contributed by atoms with E-state index in [2.05, 4.69) is 51.1 Å². The van der Waals surface area contributed by atoms with Crippen LogP contribution >= 0.6 is 28.1 Å². The van der Waals surface area contributed by atoms with Gasteiger partial charge in [-0.3, -0.25) is 0 Å². The van der Waals surface area contributed by atoms with Crippen molar-refractivity contribution in [3.63, 3.8) is 0 Å². The Morgan fingerprint density at radius 2 is 1.90 bits per heavy atom. The standard InChI is InChI=1S/C7H8BrNS/c1-6-2-4-7(5-3-6)10-9-8/h2-5,9H,1H3. The molecule has 1 aromatic carbocycles. The van der Waals surface area contributed by atoms with Crippen LogP contribution in [0.15, 0.2) is 29.2 Å². The molecule has 0 spiro atoms. The molecule has 1 nitrogen and oxygen atoms in total. The van der Waals surface area contributed by atoms with E-state index in [9.17, 15) is 0 Å². The molecule has 0 radical (unpaired) electrons. The molecule has 0 aromatic heterocycles. The van der Waals surface area contributed by atoms with E-state index in [1.54, 1.807) is 11.9 Å². The van der Waals surface area contributed by atoms with Crippen LogP contribution in [0.2, 0.25) is 0 Å². The van der Waals surface area contributed by atoms with Gasteiger partial charge in [-0.25, -0.2) is 0 Å². The highest BCUT2D eigenvalue weighted by molar-refractivity contribution is 9.09. The van der Waals surface area contributed by atoms with Crippen molar-refractivity contribution in [1.82, 2.24) is 3.75 Å². The van der Waals surface area contributed by atoms with Crippen LogP contribution in [-0.4, -0.2) is 0 Å². The molecule has 0 aliphatic heterocycles. The SMILES string of the molecule is Cc1ccc(SNBr)cc1. The van der Waals surface area contributed by atoms with Gasteiger partial charge in [0.25, 0.3) is 0 Å². The maximum absolute atomic E-state index is 3.12. The highest BCUT2D eigenvalue weighted by Crippen LogP contribution is 2.15. The zero-order valence-corrected chi connectivity index (χ0v) is 8.00. The van der Waals surface area contributed by atoms with Crippen LogP contribution in [0.3, 0.4) is 0 Å². The molecule has 0 saturated carbocycles. The first kappa shape index (κ1) is 8.11. The Morgan fingerprint density at radius 3 is 2.40 bits per heavy atom. The number of rotatable bonds is 2. The summed E-state index contributed by atoms with van der Waals surface area (Å²) in [6, 6.07) is 8.34. The molecule has 1 N–H and O–H groups in total. The summed E-state index contributed by atoms with van der Waals surface area (Å²) in [6.07, 6.45) is 0. The fourth-order valence-corrected chi connectivity index (χ4v) is 1.57. The predicted octanol–water partition coefficient (Wildman–Crippen LogP) is 2.90. The van der Waals surface area contributed by atoms with Crippen LogP contribution in [0.1, 0.15) is 5.56 Å². The Morgan fingerprint density at radius 1 is 1.30 bits per heavy atom. The first-order valence-corrected chi connectivity index (χ1v) is 4.53. The second-order valence-electron chi connectivity index (χ2n) is 1.99. The summed E-state index contributed by atoms with van der Waals surface area (Å²) in [4.78, 5) is 1.21. The lowest BCUT2D eigenvalue weighted by Gasteiger charge is -1.96. The molecule has 0 fully saturated rings. The molecule has 0 aliphatic carbocycles. The monoisotopic (exact) mass is 217 g/mol. The minimum atomic E-state index is 1.21. The number of halogens is 1. The average Bonchev–Trinajstić information content (AvgIpc) is 1.95. The summed E-state index contributed by atoms with van der Waals surface area (Å²) < 4.78 is 2.83.